The third-order valence-electron chi connectivity index (χ3n) is 8.09. The Morgan fingerprint density at radius 1 is 0.517 bits per heavy atom. The Balaban J connectivity index is 6.44. The molecule has 60 heavy (non-hydrogen) atoms. The van der Waals surface area contributed by atoms with E-state index < -0.39 is 121 Å². The summed E-state index contributed by atoms with van der Waals surface area (Å²) in [4.78, 5) is 134. The van der Waals surface area contributed by atoms with Gasteiger partial charge in [0.25, 0.3) is 0 Å². The van der Waals surface area contributed by atoms with Gasteiger partial charge < -0.3 is 76.5 Å². The molecule has 0 bridgehead atoms. The van der Waals surface area contributed by atoms with E-state index in [1.807, 2.05) is 0 Å². The fourth-order valence-corrected chi connectivity index (χ4v) is 5.63. The molecule has 0 aliphatic heterocycles. The number of aliphatic imine (C=N–C) groups is 2. The van der Waals surface area contributed by atoms with Crippen molar-refractivity contribution in [3.8, 4) is 0 Å². The smallest absolute Gasteiger partial charge is 0.303 e. The van der Waals surface area contributed by atoms with Gasteiger partial charge in [0, 0.05) is 32.9 Å². The van der Waals surface area contributed by atoms with E-state index in [0.29, 0.717) is 0 Å². The van der Waals surface area contributed by atoms with Crippen LogP contribution < -0.4 is 66.3 Å². The van der Waals surface area contributed by atoms with Crippen LogP contribution in [0, 0.1) is 0 Å². The molecule has 0 aromatic heterocycles. The van der Waals surface area contributed by atoms with Crippen LogP contribution in [-0.2, 0) is 47.9 Å². The van der Waals surface area contributed by atoms with Crippen molar-refractivity contribution in [3.63, 3.8) is 0 Å². The summed E-state index contributed by atoms with van der Waals surface area (Å²) in [7, 11) is 0. The monoisotopic (exact) mass is 874 g/mol. The number of hydrogen-bond acceptors (Lipinski definition) is 13. The number of hydrogen-bond donors (Lipinski definition) is 14. The van der Waals surface area contributed by atoms with Crippen LogP contribution in [0.2, 0.25) is 0 Å². The summed E-state index contributed by atoms with van der Waals surface area (Å²) in [5, 5.41) is 32.5. The number of nitrogens with one attached hydrogen (secondary N) is 6. The first-order chi connectivity index (χ1) is 28.1. The minimum atomic E-state index is -1.74. The fraction of sp³-hybridized carbons (Fsp3) is 0.636. The van der Waals surface area contributed by atoms with Crippen molar-refractivity contribution in [2.24, 2.45) is 44.4 Å². The lowest BCUT2D eigenvalue weighted by Gasteiger charge is -2.27. The minimum absolute atomic E-state index is 0.0114. The van der Waals surface area contributed by atoms with E-state index >= 15 is 0 Å². The van der Waals surface area contributed by atoms with E-state index in [2.05, 4.69) is 41.9 Å². The van der Waals surface area contributed by atoms with Crippen LogP contribution in [0.5, 0.6) is 0 Å². The van der Waals surface area contributed by atoms with Gasteiger partial charge >= 0.3 is 11.9 Å². The van der Waals surface area contributed by atoms with Crippen molar-refractivity contribution < 1.29 is 58.2 Å². The highest BCUT2D eigenvalue weighted by molar-refractivity contribution is 7.98. The van der Waals surface area contributed by atoms with Crippen LogP contribution in [0.15, 0.2) is 9.98 Å². The average Bonchev–Trinajstić information content (AvgIpc) is 3.14. The average molecular weight is 875 g/mol. The number of rotatable bonds is 31. The van der Waals surface area contributed by atoms with E-state index in [4.69, 9.17) is 39.5 Å². The van der Waals surface area contributed by atoms with Crippen LogP contribution in [0.3, 0.4) is 0 Å². The topological polar surface area (TPSA) is 464 Å². The molecule has 0 aromatic rings. The molecule has 0 aromatic carbocycles. The van der Waals surface area contributed by atoms with Gasteiger partial charge in [-0.05, 0) is 57.0 Å². The number of amides is 8. The molecule has 0 rings (SSSR count). The Hall–Kier alpha value is -6.41. The first-order valence-electron chi connectivity index (χ1n) is 18.5. The highest BCUT2D eigenvalue weighted by atomic mass is 32.2. The van der Waals surface area contributed by atoms with Crippen LogP contribution in [0.4, 0.5) is 0 Å². The molecule has 0 saturated carbocycles. The third kappa shape index (κ3) is 24.4. The number of carbonyl (C=O) groups is 10. The van der Waals surface area contributed by atoms with Gasteiger partial charge in [-0.3, -0.25) is 57.9 Å². The Labute approximate surface area is 349 Å². The third-order valence-corrected chi connectivity index (χ3v) is 8.73. The minimum Gasteiger partial charge on any atom is -0.481 e. The maximum atomic E-state index is 13.7. The van der Waals surface area contributed by atoms with Crippen molar-refractivity contribution in [2.75, 3.05) is 25.1 Å². The second kappa shape index (κ2) is 28.9. The zero-order valence-electron chi connectivity index (χ0n) is 33.4. The second-order valence-corrected chi connectivity index (χ2v) is 14.2. The lowest BCUT2D eigenvalue weighted by molar-refractivity contribution is -0.140. The Morgan fingerprint density at radius 2 is 0.867 bits per heavy atom. The maximum absolute atomic E-state index is 13.7. The molecular weight excluding hydrogens is 817 g/mol. The quantitative estimate of drug-likeness (QED) is 0.0175. The Morgan fingerprint density at radius 3 is 1.23 bits per heavy atom. The van der Waals surface area contributed by atoms with Crippen molar-refractivity contribution >= 4 is 82.9 Å². The van der Waals surface area contributed by atoms with E-state index in [0.717, 1.165) is 6.92 Å². The highest BCUT2D eigenvalue weighted by Crippen LogP contribution is 2.09. The van der Waals surface area contributed by atoms with Crippen LogP contribution in [0.1, 0.15) is 71.1 Å². The number of carbonyl (C=O) groups excluding carboxylic acids is 8. The van der Waals surface area contributed by atoms with Gasteiger partial charge in [0.05, 0.1) is 6.42 Å². The van der Waals surface area contributed by atoms with Gasteiger partial charge in [0.2, 0.25) is 47.3 Å². The van der Waals surface area contributed by atoms with E-state index in [1.54, 1.807) is 6.26 Å². The summed E-state index contributed by atoms with van der Waals surface area (Å²) >= 11 is 1.26. The lowest BCUT2D eigenvalue weighted by Crippen LogP contribution is -2.60. The Bertz CT molecular complexity index is 1590. The largest absolute Gasteiger partial charge is 0.481 e. The Kier molecular flexibility index (Phi) is 25.8. The molecule has 26 nitrogen and oxygen atoms in total. The molecule has 8 amide bonds. The summed E-state index contributed by atoms with van der Waals surface area (Å²) in [6, 6.07) is -8.88. The number of carboxylic acid groups (broad SMARTS) is 2. The van der Waals surface area contributed by atoms with Gasteiger partial charge in [-0.25, -0.2) is 0 Å². The van der Waals surface area contributed by atoms with Crippen molar-refractivity contribution in [3.05, 3.63) is 0 Å². The molecule has 0 aliphatic rings. The van der Waals surface area contributed by atoms with Gasteiger partial charge in [0.1, 0.15) is 36.3 Å². The van der Waals surface area contributed by atoms with Gasteiger partial charge in [-0.2, -0.15) is 11.8 Å². The van der Waals surface area contributed by atoms with Crippen LogP contribution in [-0.4, -0.2) is 143 Å². The number of nitrogens with two attached hydrogens (primary N) is 6. The number of guanidine groups is 2. The zero-order chi connectivity index (χ0) is 45.9. The fourth-order valence-electron chi connectivity index (χ4n) is 5.16. The van der Waals surface area contributed by atoms with Crippen LogP contribution in [0.25, 0.3) is 0 Å². The SMILES string of the molecule is CSCC[C@H](NC(=O)[C@H](CCC(=O)O)NC(=O)[C@H](CCC(=O)O)NC(C)=O)C(=O)N[C@@H](CC(N)=O)C(=O)N[C@@H](CCCN=C(N)N)C(=O)N[C@@H](CCCN=C(N)N)C(N)=O. The summed E-state index contributed by atoms with van der Waals surface area (Å²) in [6.45, 7) is 1.20. The molecule has 0 spiro atoms. The van der Waals surface area contributed by atoms with E-state index in [1.165, 1.54) is 11.8 Å². The molecule has 0 unspecified atom stereocenters. The van der Waals surface area contributed by atoms with Crippen molar-refractivity contribution in [1.82, 2.24) is 31.9 Å². The number of thioether (sulfide) groups is 1. The molecule has 0 saturated heterocycles. The molecular formula is C33H58N14O12S. The number of primary amides is 2. The number of nitrogens with zero attached hydrogens (tertiary/aromatic N) is 2. The van der Waals surface area contributed by atoms with Crippen molar-refractivity contribution in [2.45, 2.75) is 107 Å². The maximum Gasteiger partial charge on any atom is 0.303 e. The molecule has 0 radical (unpaired) electrons. The summed E-state index contributed by atoms with van der Waals surface area (Å²) < 4.78 is 0. The molecule has 0 fully saturated rings. The molecule has 0 aliphatic carbocycles. The van der Waals surface area contributed by atoms with E-state index in [9.17, 15) is 53.1 Å². The summed E-state index contributed by atoms with van der Waals surface area (Å²) in [5.41, 5.74) is 32.2. The summed E-state index contributed by atoms with van der Waals surface area (Å²) in [5.74, 6) is -10.6. The van der Waals surface area contributed by atoms with E-state index in [-0.39, 0.29) is 69.3 Å². The molecule has 0 heterocycles. The van der Waals surface area contributed by atoms with Crippen molar-refractivity contribution in [1.29, 1.82) is 0 Å². The predicted molar refractivity (Wildman–Crippen MR) is 217 cm³/mol. The zero-order valence-corrected chi connectivity index (χ0v) is 34.2. The van der Waals surface area contributed by atoms with Crippen LogP contribution >= 0.6 is 11.8 Å². The molecule has 27 heteroatoms. The molecule has 6 atom stereocenters. The highest BCUT2D eigenvalue weighted by Gasteiger charge is 2.34. The lowest BCUT2D eigenvalue weighted by atomic mass is 10.1. The normalized spacial score (nSPS) is 13.6. The standard InChI is InChI=1S/C33H58N14O12S/c1-16(48)42-19(7-9-24(50)51)28(56)45-20(8-10-25(52)53)29(57)46-21(11-14-60-2)30(58)47-22(15-23(34)49)31(59)44-18(6-4-13-41-33(38)39)27(55)43-17(26(35)54)5-3-12-40-32(36)37/h17-22H,3-15H2,1-2H3,(H2,34,49)(H2,35,54)(H,42,48)(H,43,55)(H,44,59)(H,45,56)(H,46,57)(H,47,58)(H,50,51)(H,52,53)(H4,36,37,40)(H4,38,39,41)/t17-,18-,19-,20-,21-,22-/m0/s1. The summed E-state index contributed by atoms with van der Waals surface area (Å²) in [6.07, 6.45) is -1.03. The molecule has 20 N–H and O–H groups in total. The number of carboxylic acids is 2. The molecule has 338 valence electrons. The number of aliphatic carboxylic acids is 2. The second-order valence-electron chi connectivity index (χ2n) is 13.2. The van der Waals surface area contributed by atoms with Gasteiger partial charge in [0.15, 0.2) is 11.9 Å². The van der Waals surface area contributed by atoms with Gasteiger partial charge in [-0.1, -0.05) is 0 Å². The predicted octanol–water partition coefficient (Wildman–Crippen LogP) is -6.13. The van der Waals surface area contributed by atoms with Gasteiger partial charge in [-0.15, -0.1) is 0 Å². The first kappa shape index (κ1) is 53.6. The first-order valence-corrected chi connectivity index (χ1v) is 19.9.